The summed E-state index contributed by atoms with van der Waals surface area (Å²) >= 11 is 3.13. The van der Waals surface area contributed by atoms with Crippen LogP contribution in [0.25, 0.3) is 0 Å². The van der Waals surface area contributed by atoms with E-state index in [0.717, 1.165) is 9.47 Å². The number of hydrogen-bond donors (Lipinski definition) is 1. The average molecular weight is 269 g/mol. The van der Waals surface area contributed by atoms with E-state index in [-0.39, 0.29) is 0 Å². The summed E-state index contributed by atoms with van der Waals surface area (Å²) in [6.45, 7) is 1.78. The van der Waals surface area contributed by atoms with Gasteiger partial charge >= 0.3 is 0 Å². The third kappa shape index (κ3) is 2.95. The highest BCUT2D eigenvalue weighted by Gasteiger charge is 2.22. The average Bonchev–Trinajstić information content (AvgIpc) is 2.84. The van der Waals surface area contributed by atoms with Crippen molar-refractivity contribution >= 4 is 28.2 Å². The van der Waals surface area contributed by atoms with Crippen molar-refractivity contribution in [1.82, 2.24) is 20.4 Å². The molecule has 3 rings (SSSR count). The van der Waals surface area contributed by atoms with Gasteiger partial charge in [-0.3, -0.25) is 0 Å². The number of aromatic nitrogens is 4. The monoisotopic (exact) mass is 269 g/mol. The summed E-state index contributed by atoms with van der Waals surface area (Å²) in [5, 5.41) is 20.1. The summed E-state index contributed by atoms with van der Waals surface area (Å²) < 4.78 is 6.20. The molecule has 0 aliphatic heterocycles. The molecule has 6 nitrogen and oxygen atoms in total. The van der Waals surface area contributed by atoms with Crippen LogP contribution in [0.2, 0.25) is 0 Å². The SMILES string of the molecule is Cc1nnc(CSc2nnc(NC3CC3)s2)o1. The molecule has 2 aromatic rings. The smallest absolute Gasteiger partial charge is 0.226 e. The van der Waals surface area contributed by atoms with Gasteiger partial charge in [-0.25, -0.2) is 0 Å². The summed E-state index contributed by atoms with van der Waals surface area (Å²) in [4.78, 5) is 0. The Morgan fingerprint density at radius 2 is 2.24 bits per heavy atom. The van der Waals surface area contributed by atoms with Crippen molar-refractivity contribution < 1.29 is 4.42 Å². The van der Waals surface area contributed by atoms with Gasteiger partial charge in [0.1, 0.15) is 0 Å². The van der Waals surface area contributed by atoms with Crippen LogP contribution in [-0.2, 0) is 5.75 Å². The molecule has 0 saturated heterocycles. The molecule has 0 aromatic carbocycles. The first-order valence-electron chi connectivity index (χ1n) is 5.31. The normalized spacial score (nSPS) is 15.1. The van der Waals surface area contributed by atoms with Gasteiger partial charge in [0.05, 0.1) is 5.75 Å². The molecule has 0 radical (unpaired) electrons. The van der Waals surface area contributed by atoms with Crippen LogP contribution in [0.4, 0.5) is 5.13 Å². The van der Waals surface area contributed by atoms with Crippen LogP contribution >= 0.6 is 23.1 Å². The van der Waals surface area contributed by atoms with E-state index >= 15 is 0 Å². The molecule has 0 unspecified atom stereocenters. The molecule has 1 aliphatic carbocycles. The van der Waals surface area contributed by atoms with Crippen molar-refractivity contribution in [3.05, 3.63) is 11.8 Å². The Balaban J connectivity index is 1.55. The van der Waals surface area contributed by atoms with E-state index in [1.165, 1.54) is 12.8 Å². The van der Waals surface area contributed by atoms with Crippen LogP contribution in [0.5, 0.6) is 0 Å². The van der Waals surface area contributed by atoms with Gasteiger partial charge in [0.15, 0.2) is 4.34 Å². The Morgan fingerprint density at radius 3 is 2.94 bits per heavy atom. The second-order valence-electron chi connectivity index (χ2n) is 3.80. The van der Waals surface area contributed by atoms with Crippen LogP contribution in [-0.4, -0.2) is 26.4 Å². The van der Waals surface area contributed by atoms with E-state index in [1.807, 2.05) is 0 Å². The summed E-state index contributed by atoms with van der Waals surface area (Å²) in [6, 6.07) is 0.611. The summed E-state index contributed by atoms with van der Waals surface area (Å²) in [7, 11) is 0. The highest BCUT2D eigenvalue weighted by molar-refractivity contribution is 8.00. The molecule has 1 saturated carbocycles. The third-order valence-corrected chi connectivity index (χ3v) is 4.17. The molecule has 2 heterocycles. The maximum Gasteiger partial charge on any atom is 0.226 e. The van der Waals surface area contributed by atoms with Gasteiger partial charge in [-0.1, -0.05) is 23.1 Å². The predicted molar refractivity (Wildman–Crippen MR) is 65.1 cm³/mol. The first-order chi connectivity index (χ1) is 8.29. The minimum absolute atomic E-state index is 0.592. The van der Waals surface area contributed by atoms with E-state index in [9.17, 15) is 0 Å². The number of rotatable bonds is 5. The first-order valence-corrected chi connectivity index (χ1v) is 7.11. The summed E-state index contributed by atoms with van der Waals surface area (Å²) in [6.07, 6.45) is 2.48. The Morgan fingerprint density at radius 1 is 1.35 bits per heavy atom. The molecule has 0 bridgehead atoms. The van der Waals surface area contributed by atoms with E-state index < -0.39 is 0 Å². The van der Waals surface area contributed by atoms with Crippen LogP contribution in [0, 0.1) is 6.92 Å². The third-order valence-electron chi connectivity index (χ3n) is 2.20. The zero-order chi connectivity index (χ0) is 11.7. The number of thioether (sulfide) groups is 1. The quantitative estimate of drug-likeness (QED) is 0.833. The molecule has 0 amide bonds. The molecule has 1 fully saturated rings. The lowest BCUT2D eigenvalue weighted by Crippen LogP contribution is -1.99. The van der Waals surface area contributed by atoms with Gasteiger partial charge in [-0.15, -0.1) is 20.4 Å². The topological polar surface area (TPSA) is 76.7 Å². The van der Waals surface area contributed by atoms with E-state index in [2.05, 4.69) is 25.7 Å². The van der Waals surface area contributed by atoms with Crippen molar-refractivity contribution in [3.8, 4) is 0 Å². The predicted octanol–water partition coefficient (Wildman–Crippen LogP) is 2.10. The van der Waals surface area contributed by atoms with Crippen LogP contribution in [0.3, 0.4) is 0 Å². The second kappa shape index (κ2) is 4.61. The van der Waals surface area contributed by atoms with Gasteiger partial charge in [-0.05, 0) is 12.8 Å². The Labute approximate surface area is 106 Å². The van der Waals surface area contributed by atoms with Gasteiger partial charge in [0, 0.05) is 13.0 Å². The number of anilines is 1. The lowest BCUT2D eigenvalue weighted by Gasteiger charge is -1.94. The lowest BCUT2D eigenvalue weighted by molar-refractivity contribution is 0.485. The van der Waals surface area contributed by atoms with Gasteiger partial charge in [-0.2, -0.15) is 0 Å². The molecule has 8 heteroatoms. The molecule has 1 aliphatic rings. The fourth-order valence-corrected chi connectivity index (χ4v) is 2.91. The van der Waals surface area contributed by atoms with Crippen molar-refractivity contribution in [1.29, 1.82) is 0 Å². The molecule has 0 spiro atoms. The fraction of sp³-hybridized carbons (Fsp3) is 0.556. The van der Waals surface area contributed by atoms with E-state index in [4.69, 9.17) is 4.42 Å². The molecule has 2 aromatic heterocycles. The van der Waals surface area contributed by atoms with Crippen LogP contribution in [0.1, 0.15) is 24.6 Å². The van der Waals surface area contributed by atoms with Crippen molar-refractivity contribution in [2.75, 3.05) is 5.32 Å². The lowest BCUT2D eigenvalue weighted by atomic mass is 10.7. The van der Waals surface area contributed by atoms with Gasteiger partial charge in [0.2, 0.25) is 16.9 Å². The van der Waals surface area contributed by atoms with Crippen molar-refractivity contribution in [2.24, 2.45) is 0 Å². The number of nitrogens with zero attached hydrogens (tertiary/aromatic N) is 4. The number of hydrogen-bond acceptors (Lipinski definition) is 8. The molecule has 1 N–H and O–H groups in total. The standard InChI is InChI=1S/C9H11N5OS2/c1-5-11-12-7(15-5)4-16-9-14-13-8(17-9)10-6-2-3-6/h6H,2-4H2,1H3,(H,10,13). The Kier molecular flexibility index (Phi) is 2.98. The Hall–Kier alpha value is -1.15. The van der Waals surface area contributed by atoms with Crippen molar-refractivity contribution in [3.63, 3.8) is 0 Å². The minimum atomic E-state index is 0.592. The first kappa shape index (κ1) is 11.0. The zero-order valence-electron chi connectivity index (χ0n) is 9.21. The van der Waals surface area contributed by atoms with Gasteiger partial charge < -0.3 is 9.73 Å². The largest absolute Gasteiger partial charge is 0.425 e. The molecule has 0 atom stereocenters. The van der Waals surface area contributed by atoms with Crippen molar-refractivity contribution in [2.45, 2.75) is 35.9 Å². The Bertz CT molecular complexity index is 507. The number of nitrogens with one attached hydrogen (secondary N) is 1. The van der Waals surface area contributed by atoms with Crippen LogP contribution in [0.15, 0.2) is 8.76 Å². The minimum Gasteiger partial charge on any atom is -0.425 e. The van der Waals surface area contributed by atoms with E-state index in [0.29, 0.717) is 23.6 Å². The van der Waals surface area contributed by atoms with Gasteiger partial charge in [0.25, 0.3) is 0 Å². The molecule has 17 heavy (non-hydrogen) atoms. The zero-order valence-corrected chi connectivity index (χ0v) is 10.8. The fourth-order valence-electron chi connectivity index (χ4n) is 1.25. The number of aryl methyl sites for hydroxylation is 1. The summed E-state index contributed by atoms with van der Waals surface area (Å²) in [5.41, 5.74) is 0. The molecular formula is C9H11N5OS2. The molecular weight excluding hydrogens is 258 g/mol. The second-order valence-corrected chi connectivity index (χ2v) is 6.00. The highest BCUT2D eigenvalue weighted by atomic mass is 32.2. The maximum absolute atomic E-state index is 5.28. The van der Waals surface area contributed by atoms with E-state index in [1.54, 1.807) is 30.0 Å². The summed E-state index contributed by atoms with van der Waals surface area (Å²) in [5.74, 6) is 1.85. The molecule has 90 valence electrons. The highest BCUT2D eigenvalue weighted by Crippen LogP contribution is 2.31. The van der Waals surface area contributed by atoms with Crippen LogP contribution < -0.4 is 5.32 Å². The maximum atomic E-state index is 5.28.